The summed E-state index contributed by atoms with van der Waals surface area (Å²) in [4.78, 5) is 38.6. The number of ether oxygens (including phenoxy) is 1. The van der Waals surface area contributed by atoms with Crippen molar-refractivity contribution in [3.05, 3.63) is 40.4 Å². The van der Waals surface area contributed by atoms with E-state index in [2.05, 4.69) is 4.74 Å². The van der Waals surface area contributed by atoms with E-state index in [1.165, 1.54) is 0 Å². The summed E-state index contributed by atoms with van der Waals surface area (Å²) >= 11 is 0. The number of methoxy groups -OCH3 is 1. The van der Waals surface area contributed by atoms with Gasteiger partial charge >= 0.3 is 13.2 Å². The molecule has 1 aromatic rings. The van der Waals surface area contributed by atoms with Gasteiger partial charge in [0.1, 0.15) is 18.1 Å². The molecule has 0 unspecified atom stereocenters. The number of amides is 3. The summed E-state index contributed by atoms with van der Waals surface area (Å²) in [5.74, 6) is -2.29. The highest BCUT2D eigenvalue weighted by Gasteiger charge is 2.59. The van der Waals surface area contributed by atoms with Gasteiger partial charge < -0.3 is 29.0 Å². The Bertz CT molecular complexity index is 1060. The van der Waals surface area contributed by atoms with Crippen LogP contribution < -0.4 is 0 Å². The average Bonchev–Trinajstić information content (AvgIpc) is 3.41. The summed E-state index contributed by atoms with van der Waals surface area (Å²) in [6, 6.07) is 3.49. The molecule has 0 saturated carbocycles. The summed E-state index contributed by atoms with van der Waals surface area (Å²) in [5, 5.41) is 29.8. The van der Waals surface area contributed by atoms with Gasteiger partial charge in [0.2, 0.25) is 11.8 Å². The molecule has 2 fully saturated rings. The zero-order valence-corrected chi connectivity index (χ0v) is 19.8. The lowest BCUT2D eigenvalue weighted by molar-refractivity contribution is -0.137. The van der Waals surface area contributed by atoms with Crippen LogP contribution in [0.3, 0.4) is 0 Å². The smallest absolute Gasteiger partial charge is 0.455 e. The van der Waals surface area contributed by atoms with Crippen molar-refractivity contribution in [3.63, 3.8) is 0 Å². The van der Waals surface area contributed by atoms with Crippen molar-refractivity contribution < 1.29 is 43.4 Å². The van der Waals surface area contributed by atoms with Crippen LogP contribution in [-0.2, 0) is 25.6 Å². The van der Waals surface area contributed by atoms with Gasteiger partial charge in [-0.15, -0.1) is 0 Å². The van der Waals surface area contributed by atoms with Crippen LogP contribution in [0, 0.1) is 17.8 Å². The van der Waals surface area contributed by atoms with E-state index >= 15 is 0 Å². The van der Waals surface area contributed by atoms with Gasteiger partial charge in [0, 0.05) is 0 Å². The van der Waals surface area contributed by atoms with Crippen molar-refractivity contribution in [2.75, 3.05) is 13.7 Å². The lowest BCUT2D eigenvalue weighted by Gasteiger charge is -2.42. The number of rotatable bonds is 7. The first-order valence-corrected chi connectivity index (χ1v) is 11.8. The van der Waals surface area contributed by atoms with Gasteiger partial charge in [-0.3, -0.25) is 9.59 Å². The van der Waals surface area contributed by atoms with Crippen LogP contribution >= 0.6 is 0 Å². The molecular weight excluding hydrogens is 457 g/mol. The number of furan rings is 1. The first kappa shape index (κ1) is 25.4. The standard InChI is InChI=1S/C24H30BNO9/c1-3-13(8-15-5-6-16(12-28)34-15)4-7-19-20-14(11-27)9-17-21(18(20)10-25(32)35-19)23(30)26(22(17)29)24(31)33-2/h5-6,8,17-19,21,27-28,32H,3-4,7,9-12H2,1-2H3/b13-8+/t17-,18+,19-,21-/m1/s1. The summed E-state index contributed by atoms with van der Waals surface area (Å²) in [6.45, 7) is 1.52. The SMILES string of the molecule is CC/C(=C\c1ccc(CO)o1)CC[C@H]1OB(O)C[C@H]2C1=C(CO)C[C@H]1C(=O)N(C(=O)OC)C(=O)[C@H]12. The Kier molecular flexibility index (Phi) is 7.60. The predicted molar refractivity (Wildman–Crippen MR) is 123 cm³/mol. The molecule has 35 heavy (non-hydrogen) atoms. The van der Waals surface area contributed by atoms with Crippen molar-refractivity contribution in [2.24, 2.45) is 17.8 Å². The van der Waals surface area contributed by atoms with Crippen molar-refractivity contribution >= 4 is 31.1 Å². The Morgan fingerprint density at radius 3 is 2.63 bits per heavy atom. The lowest BCUT2D eigenvalue weighted by atomic mass is 9.58. The molecule has 0 bridgehead atoms. The number of carbonyl (C=O) groups is 3. The van der Waals surface area contributed by atoms with Gasteiger partial charge in [-0.2, -0.15) is 4.90 Å². The van der Waals surface area contributed by atoms with Crippen molar-refractivity contribution in [1.29, 1.82) is 0 Å². The van der Waals surface area contributed by atoms with E-state index in [1.54, 1.807) is 12.1 Å². The summed E-state index contributed by atoms with van der Waals surface area (Å²) in [6.07, 6.45) is 2.40. The monoisotopic (exact) mass is 487 g/mol. The third kappa shape index (κ3) is 4.73. The van der Waals surface area contributed by atoms with Crippen LogP contribution in [-0.4, -0.2) is 65.0 Å². The maximum absolute atomic E-state index is 13.1. The van der Waals surface area contributed by atoms with E-state index in [-0.39, 0.29) is 26.0 Å². The van der Waals surface area contributed by atoms with Crippen LogP contribution in [0.2, 0.25) is 6.32 Å². The van der Waals surface area contributed by atoms with Gasteiger partial charge in [-0.05, 0) is 67.3 Å². The highest BCUT2D eigenvalue weighted by atomic mass is 16.5. The van der Waals surface area contributed by atoms with Gasteiger partial charge in [0.05, 0.1) is 31.7 Å². The van der Waals surface area contributed by atoms with Crippen molar-refractivity contribution in [3.8, 4) is 0 Å². The number of hydrogen-bond acceptors (Lipinski definition) is 9. The van der Waals surface area contributed by atoms with Crippen molar-refractivity contribution in [2.45, 2.75) is 51.6 Å². The Balaban J connectivity index is 1.59. The van der Waals surface area contributed by atoms with Gasteiger partial charge in [-0.25, -0.2) is 4.79 Å². The molecule has 188 valence electrons. The molecule has 1 aromatic heterocycles. The predicted octanol–water partition coefficient (Wildman–Crippen LogP) is 1.90. The molecule has 2 saturated heterocycles. The minimum Gasteiger partial charge on any atom is -0.459 e. The van der Waals surface area contributed by atoms with Gasteiger partial charge in [0.15, 0.2) is 0 Å². The minimum absolute atomic E-state index is 0.0946. The first-order chi connectivity index (χ1) is 16.8. The van der Waals surface area contributed by atoms with Gasteiger partial charge in [-0.1, -0.05) is 12.5 Å². The van der Waals surface area contributed by atoms with E-state index in [4.69, 9.17) is 9.07 Å². The number of carbonyl (C=O) groups excluding carboxylic acids is 3. The van der Waals surface area contributed by atoms with Crippen LogP contribution in [0.25, 0.3) is 6.08 Å². The minimum atomic E-state index is -1.14. The average molecular weight is 487 g/mol. The number of nitrogens with zero attached hydrogens (tertiary/aromatic N) is 1. The number of hydrogen-bond donors (Lipinski definition) is 3. The zero-order chi connectivity index (χ0) is 25.3. The Labute approximate surface area is 203 Å². The molecule has 2 aliphatic heterocycles. The summed E-state index contributed by atoms with van der Waals surface area (Å²) in [5.41, 5.74) is 2.41. The number of imide groups is 3. The molecule has 3 heterocycles. The van der Waals surface area contributed by atoms with E-state index in [1.807, 2.05) is 13.0 Å². The number of allylic oxidation sites excluding steroid dienone is 1. The maximum Gasteiger partial charge on any atom is 0.455 e. The highest BCUT2D eigenvalue weighted by molar-refractivity contribution is 6.43. The van der Waals surface area contributed by atoms with E-state index in [0.29, 0.717) is 34.8 Å². The normalized spacial score (nSPS) is 26.8. The van der Waals surface area contributed by atoms with Crippen LogP contribution in [0.15, 0.2) is 33.3 Å². The fraction of sp³-hybridized carbons (Fsp3) is 0.542. The molecule has 0 spiro atoms. The largest absolute Gasteiger partial charge is 0.459 e. The molecule has 0 radical (unpaired) electrons. The first-order valence-electron chi connectivity index (χ1n) is 11.8. The van der Waals surface area contributed by atoms with E-state index < -0.39 is 48.9 Å². The summed E-state index contributed by atoms with van der Waals surface area (Å²) < 4.78 is 16.0. The number of aliphatic hydroxyl groups excluding tert-OH is 2. The zero-order valence-electron chi connectivity index (χ0n) is 19.8. The Morgan fingerprint density at radius 1 is 1.23 bits per heavy atom. The third-order valence-corrected chi connectivity index (χ3v) is 7.22. The second-order valence-corrected chi connectivity index (χ2v) is 9.11. The molecule has 3 amide bonds. The quantitative estimate of drug-likeness (QED) is 0.298. The molecule has 3 N–H and O–H groups in total. The molecule has 0 aromatic carbocycles. The lowest BCUT2D eigenvalue weighted by Crippen LogP contribution is -2.46. The Morgan fingerprint density at radius 2 is 2.00 bits per heavy atom. The second kappa shape index (κ2) is 10.5. The number of likely N-dealkylation sites (tertiary alicyclic amines) is 1. The molecule has 4 atom stereocenters. The van der Waals surface area contributed by atoms with Crippen LogP contribution in [0.4, 0.5) is 4.79 Å². The fourth-order valence-electron chi connectivity index (χ4n) is 5.61. The number of fused-ring (bicyclic) bond motifs is 3. The van der Waals surface area contributed by atoms with Crippen LogP contribution in [0.5, 0.6) is 0 Å². The highest BCUT2D eigenvalue weighted by Crippen LogP contribution is 2.50. The third-order valence-electron chi connectivity index (χ3n) is 7.22. The van der Waals surface area contributed by atoms with E-state index in [0.717, 1.165) is 24.7 Å². The van der Waals surface area contributed by atoms with E-state index in [9.17, 15) is 29.6 Å². The fourth-order valence-corrected chi connectivity index (χ4v) is 5.61. The molecule has 11 heteroatoms. The molecule has 3 aliphatic rings. The molecular formula is C24H30BNO9. The second-order valence-electron chi connectivity index (χ2n) is 9.11. The molecule has 10 nitrogen and oxygen atoms in total. The summed E-state index contributed by atoms with van der Waals surface area (Å²) in [7, 11) is -0.0394. The molecule has 4 rings (SSSR count). The van der Waals surface area contributed by atoms with Crippen molar-refractivity contribution in [1.82, 2.24) is 4.90 Å². The van der Waals surface area contributed by atoms with Crippen LogP contribution in [0.1, 0.15) is 44.1 Å². The van der Waals surface area contributed by atoms with Gasteiger partial charge in [0.25, 0.3) is 0 Å². The maximum atomic E-state index is 13.1. The number of aliphatic hydroxyl groups is 2. The molecule has 1 aliphatic carbocycles. The topological polar surface area (TPSA) is 147 Å². The Hall–Kier alpha value is -2.73.